The van der Waals surface area contributed by atoms with E-state index < -0.39 is 5.97 Å². The molecule has 1 N–H and O–H groups in total. The van der Waals surface area contributed by atoms with Crippen molar-refractivity contribution in [3.05, 3.63) is 28.7 Å². The molecule has 0 aliphatic carbocycles. The highest BCUT2D eigenvalue weighted by Gasteiger charge is 2.05. The van der Waals surface area contributed by atoms with Gasteiger partial charge in [-0.3, -0.25) is 9.59 Å². The molecule has 1 heterocycles. The average Bonchev–Trinajstić information content (AvgIpc) is 2.37. The number of aryl methyl sites for hydroxylation is 1. The predicted octanol–water partition coefficient (Wildman–Crippen LogP) is 1.04. The fraction of sp³-hybridized carbons (Fsp3) is 0.571. The molecule has 0 atom stereocenters. The van der Waals surface area contributed by atoms with Crippen LogP contribution in [0, 0.1) is 0 Å². The van der Waals surface area contributed by atoms with Crippen molar-refractivity contribution in [2.45, 2.75) is 25.8 Å². The number of hydrogen-bond acceptors (Lipinski definition) is 4. The fourth-order valence-electron chi connectivity index (χ4n) is 1.76. The van der Waals surface area contributed by atoms with Crippen LogP contribution in [0.2, 0.25) is 0 Å². The Bertz CT molecular complexity index is 482. The molecule has 112 valence electrons. The number of pyridine rings is 1. The Morgan fingerprint density at radius 1 is 1.40 bits per heavy atom. The topological polar surface area (TPSA) is 71.8 Å². The standard InChI is InChI=1S/C14H22N2O4/c1-15(2)8-5-11-20-12-6-3-9-16(14(12)19)10-4-7-13(17)18/h3,6,9H,4-5,7-8,10-11H2,1-2H3,(H,17,18). The van der Waals surface area contributed by atoms with E-state index in [0.717, 1.165) is 13.0 Å². The van der Waals surface area contributed by atoms with E-state index in [4.69, 9.17) is 9.84 Å². The Hall–Kier alpha value is -1.82. The lowest BCUT2D eigenvalue weighted by Gasteiger charge is -2.11. The van der Waals surface area contributed by atoms with E-state index in [2.05, 4.69) is 4.90 Å². The third-order valence-electron chi connectivity index (χ3n) is 2.78. The Kier molecular flexibility index (Phi) is 6.79. The molecule has 0 spiro atoms. The Labute approximate surface area is 118 Å². The summed E-state index contributed by atoms with van der Waals surface area (Å²) >= 11 is 0. The summed E-state index contributed by atoms with van der Waals surface area (Å²) in [6.45, 7) is 1.78. The number of hydrogen-bond donors (Lipinski definition) is 1. The van der Waals surface area contributed by atoms with Gasteiger partial charge in [0.1, 0.15) is 0 Å². The minimum atomic E-state index is -0.853. The molecule has 1 aromatic heterocycles. The highest BCUT2D eigenvalue weighted by Crippen LogP contribution is 2.04. The molecule has 0 radical (unpaired) electrons. The number of carbonyl (C=O) groups is 1. The largest absolute Gasteiger partial charge is 0.488 e. The van der Waals surface area contributed by atoms with E-state index in [9.17, 15) is 9.59 Å². The van der Waals surface area contributed by atoms with Crippen molar-refractivity contribution in [1.82, 2.24) is 9.47 Å². The summed E-state index contributed by atoms with van der Waals surface area (Å²) in [5.74, 6) is -0.532. The first-order valence-corrected chi connectivity index (χ1v) is 6.69. The minimum Gasteiger partial charge on any atom is -0.488 e. The van der Waals surface area contributed by atoms with Gasteiger partial charge < -0.3 is 19.3 Å². The summed E-state index contributed by atoms with van der Waals surface area (Å²) in [6.07, 6.45) is 2.98. The van der Waals surface area contributed by atoms with Crippen LogP contribution in [0.5, 0.6) is 5.75 Å². The van der Waals surface area contributed by atoms with Crippen LogP contribution in [0.15, 0.2) is 23.1 Å². The number of rotatable bonds is 9. The van der Waals surface area contributed by atoms with Gasteiger partial charge in [0, 0.05) is 25.7 Å². The summed E-state index contributed by atoms with van der Waals surface area (Å²) < 4.78 is 6.97. The van der Waals surface area contributed by atoms with Crippen LogP contribution in [0.3, 0.4) is 0 Å². The van der Waals surface area contributed by atoms with E-state index >= 15 is 0 Å². The first-order chi connectivity index (χ1) is 9.50. The van der Waals surface area contributed by atoms with Gasteiger partial charge in [-0.2, -0.15) is 0 Å². The molecule has 6 heteroatoms. The molecule has 0 aliphatic rings. The molecule has 0 aliphatic heterocycles. The zero-order valence-electron chi connectivity index (χ0n) is 12.0. The summed E-state index contributed by atoms with van der Waals surface area (Å²) in [6, 6.07) is 3.38. The summed E-state index contributed by atoms with van der Waals surface area (Å²) in [4.78, 5) is 24.6. The Morgan fingerprint density at radius 2 is 2.15 bits per heavy atom. The molecular weight excluding hydrogens is 260 g/mol. The van der Waals surface area contributed by atoms with E-state index in [-0.39, 0.29) is 12.0 Å². The second kappa shape index (κ2) is 8.37. The molecule has 1 rings (SSSR count). The van der Waals surface area contributed by atoms with Gasteiger partial charge in [-0.15, -0.1) is 0 Å². The quantitative estimate of drug-likeness (QED) is 0.685. The third-order valence-corrected chi connectivity index (χ3v) is 2.78. The zero-order chi connectivity index (χ0) is 15.0. The van der Waals surface area contributed by atoms with E-state index in [1.54, 1.807) is 18.3 Å². The van der Waals surface area contributed by atoms with Crippen LogP contribution in [-0.4, -0.2) is 47.8 Å². The van der Waals surface area contributed by atoms with Crippen LogP contribution in [-0.2, 0) is 11.3 Å². The SMILES string of the molecule is CN(C)CCCOc1cccn(CCCC(=O)O)c1=O. The van der Waals surface area contributed by atoms with Crippen LogP contribution in [0.4, 0.5) is 0 Å². The molecular formula is C14H22N2O4. The van der Waals surface area contributed by atoms with Crippen LogP contribution in [0.1, 0.15) is 19.3 Å². The van der Waals surface area contributed by atoms with Crippen molar-refractivity contribution < 1.29 is 14.6 Å². The average molecular weight is 282 g/mol. The van der Waals surface area contributed by atoms with Crippen LogP contribution < -0.4 is 10.3 Å². The summed E-state index contributed by atoms with van der Waals surface area (Å²) in [5.41, 5.74) is -0.206. The number of carboxylic acid groups (broad SMARTS) is 1. The van der Waals surface area contributed by atoms with Crippen LogP contribution in [0.25, 0.3) is 0 Å². The number of carboxylic acids is 1. The van der Waals surface area contributed by atoms with E-state index in [1.165, 1.54) is 4.57 Å². The molecule has 0 unspecified atom stereocenters. The third kappa shape index (κ3) is 5.88. The van der Waals surface area contributed by atoms with Crippen molar-refractivity contribution in [2.24, 2.45) is 0 Å². The smallest absolute Gasteiger partial charge is 0.303 e. The molecule has 1 aromatic rings. The van der Waals surface area contributed by atoms with E-state index in [1.807, 2.05) is 14.1 Å². The molecule has 0 saturated carbocycles. The number of aliphatic carboxylic acids is 1. The molecule has 0 fully saturated rings. The highest BCUT2D eigenvalue weighted by molar-refractivity contribution is 5.66. The predicted molar refractivity (Wildman–Crippen MR) is 76.2 cm³/mol. The molecule has 0 bridgehead atoms. The van der Waals surface area contributed by atoms with Crippen molar-refractivity contribution in [3.8, 4) is 5.75 Å². The van der Waals surface area contributed by atoms with Crippen LogP contribution >= 0.6 is 0 Å². The number of ether oxygens (including phenoxy) is 1. The molecule has 6 nitrogen and oxygen atoms in total. The Morgan fingerprint density at radius 3 is 2.80 bits per heavy atom. The minimum absolute atomic E-state index is 0.0559. The second-order valence-corrected chi connectivity index (χ2v) is 4.87. The lowest BCUT2D eigenvalue weighted by Crippen LogP contribution is -2.23. The highest BCUT2D eigenvalue weighted by atomic mass is 16.5. The van der Waals surface area contributed by atoms with E-state index in [0.29, 0.717) is 25.3 Å². The maximum Gasteiger partial charge on any atom is 0.303 e. The van der Waals surface area contributed by atoms with Gasteiger partial charge in [0.25, 0.3) is 5.56 Å². The number of aromatic nitrogens is 1. The van der Waals surface area contributed by atoms with Crippen molar-refractivity contribution in [2.75, 3.05) is 27.2 Å². The van der Waals surface area contributed by atoms with Crippen molar-refractivity contribution in [1.29, 1.82) is 0 Å². The zero-order valence-corrected chi connectivity index (χ0v) is 12.0. The maximum absolute atomic E-state index is 12.1. The monoisotopic (exact) mass is 282 g/mol. The van der Waals surface area contributed by atoms with Gasteiger partial charge in [0.2, 0.25) is 0 Å². The summed E-state index contributed by atoms with van der Waals surface area (Å²) in [5, 5.41) is 8.59. The first-order valence-electron chi connectivity index (χ1n) is 6.69. The van der Waals surface area contributed by atoms with Crippen molar-refractivity contribution in [3.63, 3.8) is 0 Å². The van der Waals surface area contributed by atoms with Gasteiger partial charge in [0.15, 0.2) is 5.75 Å². The normalized spacial score (nSPS) is 10.8. The fourth-order valence-corrected chi connectivity index (χ4v) is 1.76. The van der Waals surface area contributed by atoms with Gasteiger partial charge in [-0.05, 0) is 39.1 Å². The molecule has 0 aromatic carbocycles. The van der Waals surface area contributed by atoms with Gasteiger partial charge >= 0.3 is 5.97 Å². The molecule has 0 amide bonds. The first kappa shape index (κ1) is 16.2. The summed E-state index contributed by atoms with van der Waals surface area (Å²) in [7, 11) is 3.97. The van der Waals surface area contributed by atoms with Gasteiger partial charge in [-0.1, -0.05) is 0 Å². The second-order valence-electron chi connectivity index (χ2n) is 4.87. The Balaban J connectivity index is 2.51. The lowest BCUT2D eigenvalue weighted by atomic mass is 10.3. The van der Waals surface area contributed by atoms with Gasteiger partial charge in [-0.25, -0.2) is 0 Å². The maximum atomic E-state index is 12.1. The van der Waals surface area contributed by atoms with Crippen molar-refractivity contribution >= 4 is 5.97 Å². The van der Waals surface area contributed by atoms with Gasteiger partial charge in [0.05, 0.1) is 6.61 Å². The lowest BCUT2D eigenvalue weighted by molar-refractivity contribution is -0.137. The molecule has 20 heavy (non-hydrogen) atoms. The molecule has 0 saturated heterocycles. The number of nitrogens with zero attached hydrogens (tertiary/aromatic N) is 2.